The largest absolute Gasteiger partial charge is 0.453 e. The smallest absolute Gasteiger partial charge is 0.410 e. The molecule has 0 bridgehead atoms. The van der Waals surface area contributed by atoms with Gasteiger partial charge in [0.2, 0.25) is 5.91 Å². The summed E-state index contributed by atoms with van der Waals surface area (Å²) in [4.78, 5) is 26.0. The minimum Gasteiger partial charge on any atom is -0.453 e. The number of piperidine rings is 1. The molecule has 138 valence electrons. The van der Waals surface area contributed by atoms with E-state index in [0.717, 1.165) is 31.5 Å². The van der Waals surface area contributed by atoms with Gasteiger partial charge >= 0.3 is 6.09 Å². The maximum Gasteiger partial charge on any atom is 0.410 e. The maximum atomic E-state index is 12.6. The number of nitrogens with zero attached hydrogens (tertiary/aromatic N) is 4. The van der Waals surface area contributed by atoms with Crippen LogP contribution in [0.5, 0.6) is 0 Å². The molecule has 1 atom stereocenters. The normalized spacial score (nSPS) is 21.8. The molecule has 0 aromatic carbocycles. The zero-order valence-electron chi connectivity index (χ0n) is 14.8. The third kappa shape index (κ3) is 4.11. The number of carbonyl (C=O) groups is 2. The van der Waals surface area contributed by atoms with E-state index in [9.17, 15) is 9.59 Å². The Balaban J connectivity index is 1.60. The van der Waals surface area contributed by atoms with Gasteiger partial charge in [-0.2, -0.15) is 0 Å². The van der Waals surface area contributed by atoms with Crippen LogP contribution in [0.1, 0.15) is 63.2 Å². The minimum atomic E-state index is -0.466. The molecule has 0 spiro atoms. The summed E-state index contributed by atoms with van der Waals surface area (Å²) < 4.78 is 6.90. The average Bonchev–Trinajstić information content (AvgIpc) is 3.14. The van der Waals surface area contributed by atoms with E-state index >= 15 is 0 Å². The molecular formula is C17H27N5O3. The molecule has 1 saturated carbocycles. The molecule has 0 radical (unpaired) electrons. The number of aromatic nitrogens is 3. The predicted octanol–water partition coefficient (Wildman–Crippen LogP) is 2.02. The van der Waals surface area contributed by atoms with Gasteiger partial charge in [-0.15, -0.1) is 10.2 Å². The summed E-state index contributed by atoms with van der Waals surface area (Å²) in [6, 6.07) is -0.0378. The van der Waals surface area contributed by atoms with Crippen LogP contribution < -0.4 is 5.32 Å². The van der Waals surface area contributed by atoms with E-state index in [1.807, 2.05) is 0 Å². The summed E-state index contributed by atoms with van der Waals surface area (Å²) in [6.45, 7) is 0.893. The highest BCUT2D eigenvalue weighted by atomic mass is 16.5. The monoisotopic (exact) mass is 349 g/mol. The number of carbonyl (C=O) groups excluding carboxylic acids is 2. The number of nitrogens with one attached hydrogen (secondary N) is 1. The first-order chi connectivity index (χ1) is 12.2. The number of amides is 2. The summed E-state index contributed by atoms with van der Waals surface area (Å²) >= 11 is 0. The first-order valence-corrected chi connectivity index (χ1v) is 9.21. The fraction of sp³-hybridized carbons (Fsp3) is 0.765. The third-order valence-corrected chi connectivity index (χ3v) is 5.25. The van der Waals surface area contributed by atoms with Gasteiger partial charge in [-0.1, -0.05) is 19.3 Å². The van der Waals surface area contributed by atoms with Crippen molar-refractivity contribution >= 4 is 12.0 Å². The number of hydrogen-bond acceptors (Lipinski definition) is 5. The van der Waals surface area contributed by atoms with E-state index in [0.29, 0.717) is 25.6 Å². The molecule has 25 heavy (non-hydrogen) atoms. The minimum absolute atomic E-state index is 0.150. The summed E-state index contributed by atoms with van der Waals surface area (Å²) in [7, 11) is 1.35. The molecule has 2 aliphatic rings. The quantitative estimate of drug-likeness (QED) is 0.898. The Morgan fingerprint density at radius 1 is 1.20 bits per heavy atom. The second-order valence-corrected chi connectivity index (χ2v) is 6.84. The van der Waals surface area contributed by atoms with Crippen molar-refractivity contribution in [1.82, 2.24) is 25.0 Å². The third-order valence-electron chi connectivity index (χ3n) is 5.25. The maximum absolute atomic E-state index is 12.6. The molecule has 1 aliphatic carbocycles. The number of likely N-dealkylation sites (tertiary alicyclic amines) is 1. The van der Waals surface area contributed by atoms with Gasteiger partial charge in [-0.05, 0) is 32.1 Å². The van der Waals surface area contributed by atoms with Gasteiger partial charge in [-0.3, -0.25) is 9.69 Å². The topological polar surface area (TPSA) is 89.3 Å². The Hall–Kier alpha value is -2.12. The van der Waals surface area contributed by atoms with E-state index in [1.165, 1.54) is 31.3 Å². The van der Waals surface area contributed by atoms with Gasteiger partial charge in [0, 0.05) is 12.6 Å². The molecule has 0 unspecified atom stereocenters. The lowest BCUT2D eigenvalue weighted by Gasteiger charge is -2.33. The Labute approximate surface area is 147 Å². The van der Waals surface area contributed by atoms with Gasteiger partial charge in [0.1, 0.15) is 12.4 Å². The van der Waals surface area contributed by atoms with Crippen LogP contribution in [0.4, 0.5) is 4.79 Å². The van der Waals surface area contributed by atoms with Gasteiger partial charge in [-0.25, -0.2) is 4.79 Å². The Morgan fingerprint density at radius 3 is 2.72 bits per heavy atom. The van der Waals surface area contributed by atoms with Crippen LogP contribution in [0, 0.1) is 0 Å². The molecule has 2 heterocycles. The molecule has 2 fully saturated rings. The lowest BCUT2D eigenvalue weighted by Crippen LogP contribution is -2.51. The molecule has 1 N–H and O–H groups in total. The molecule has 1 aromatic rings. The molecule has 3 rings (SSSR count). The predicted molar refractivity (Wildman–Crippen MR) is 90.7 cm³/mol. The molecule has 1 saturated heterocycles. The molecule has 8 heteroatoms. The van der Waals surface area contributed by atoms with Crippen molar-refractivity contribution in [2.45, 2.75) is 70.0 Å². The van der Waals surface area contributed by atoms with Crippen molar-refractivity contribution in [3.63, 3.8) is 0 Å². The number of rotatable bonds is 4. The molecule has 1 aromatic heterocycles. The Kier molecular flexibility index (Phi) is 5.88. The SMILES string of the molecule is COC(=O)N1CCCC[C@@H]1C(=O)NCc1nncn1C1CCCCC1. The summed E-state index contributed by atoms with van der Waals surface area (Å²) in [5, 5.41) is 11.1. The average molecular weight is 349 g/mol. The first kappa shape index (κ1) is 17.7. The van der Waals surface area contributed by atoms with Gasteiger partial charge < -0.3 is 14.6 Å². The van der Waals surface area contributed by atoms with Crippen LogP contribution in [0.25, 0.3) is 0 Å². The highest BCUT2D eigenvalue weighted by Gasteiger charge is 2.32. The summed E-state index contributed by atoms with van der Waals surface area (Å²) in [5.74, 6) is 0.629. The van der Waals surface area contributed by atoms with Crippen molar-refractivity contribution in [2.75, 3.05) is 13.7 Å². The zero-order valence-corrected chi connectivity index (χ0v) is 14.8. The van der Waals surface area contributed by atoms with Crippen molar-refractivity contribution in [3.8, 4) is 0 Å². The fourth-order valence-corrected chi connectivity index (χ4v) is 3.88. The highest BCUT2D eigenvalue weighted by Crippen LogP contribution is 2.28. The molecule has 8 nitrogen and oxygen atoms in total. The van der Waals surface area contributed by atoms with Crippen LogP contribution >= 0.6 is 0 Å². The van der Waals surface area contributed by atoms with Crippen molar-refractivity contribution in [1.29, 1.82) is 0 Å². The Bertz CT molecular complexity index is 597. The molecule has 2 amide bonds. The van der Waals surface area contributed by atoms with Gasteiger partial charge in [0.05, 0.1) is 13.7 Å². The number of hydrogen-bond donors (Lipinski definition) is 1. The Morgan fingerprint density at radius 2 is 1.96 bits per heavy atom. The lowest BCUT2D eigenvalue weighted by molar-refractivity contribution is -0.127. The second kappa shape index (κ2) is 8.31. The van der Waals surface area contributed by atoms with E-state index in [1.54, 1.807) is 6.33 Å². The van der Waals surface area contributed by atoms with Crippen LogP contribution in [0.2, 0.25) is 0 Å². The van der Waals surface area contributed by atoms with Crippen LogP contribution in [0.3, 0.4) is 0 Å². The highest BCUT2D eigenvalue weighted by molar-refractivity contribution is 5.85. The van der Waals surface area contributed by atoms with Crippen molar-refractivity contribution in [2.24, 2.45) is 0 Å². The lowest BCUT2D eigenvalue weighted by atomic mass is 9.95. The molecular weight excluding hydrogens is 322 g/mol. The standard InChI is InChI=1S/C17H27N5O3/c1-25-17(24)21-10-6-5-9-14(21)16(23)18-11-15-20-19-12-22(15)13-7-3-2-4-8-13/h12-14H,2-11H2,1H3,(H,18,23)/t14-/m1/s1. The fourth-order valence-electron chi connectivity index (χ4n) is 3.88. The van der Waals surface area contributed by atoms with Crippen LogP contribution in [-0.4, -0.2) is 51.4 Å². The van der Waals surface area contributed by atoms with E-state index < -0.39 is 12.1 Å². The summed E-state index contributed by atoms with van der Waals surface area (Å²) in [5.41, 5.74) is 0. The molecule has 1 aliphatic heterocycles. The van der Waals surface area contributed by atoms with Crippen LogP contribution in [0.15, 0.2) is 6.33 Å². The zero-order chi connectivity index (χ0) is 17.6. The van der Waals surface area contributed by atoms with E-state index in [-0.39, 0.29) is 5.91 Å². The first-order valence-electron chi connectivity index (χ1n) is 9.21. The van der Waals surface area contributed by atoms with Crippen molar-refractivity contribution in [3.05, 3.63) is 12.2 Å². The van der Waals surface area contributed by atoms with Gasteiger partial charge in [0.25, 0.3) is 0 Å². The van der Waals surface area contributed by atoms with Crippen molar-refractivity contribution < 1.29 is 14.3 Å². The summed E-state index contributed by atoms with van der Waals surface area (Å²) in [6.07, 6.45) is 9.83. The van der Waals surface area contributed by atoms with E-state index in [2.05, 4.69) is 20.1 Å². The number of ether oxygens (including phenoxy) is 1. The van der Waals surface area contributed by atoms with E-state index in [4.69, 9.17) is 4.74 Å². The second-order valence-electron chi connectivity index (χ2n) is 6.84. The van der Waals surface area contributed by atoms with Gasteiger partial charge in [0.15, 0.2) is 5.82 Å². The number of methoxy groups -OCH3 is 1. The van der Waals surface area contributed by atoms with Crippen LogP contribution in [-0.2, 0) is 16.1 Å².